The van der Waals surface area contributed by atoms with Gasteiger partial charge in [-0.05, 0) is 31.9 Å². The first-order chi connectivity index (χ1) is 10.1. The van der Waals surface area contributed by atoms with Crippen molar-refractivity contribution in [2.45, 2.75) is 27.2 Å². The zero-order valence-electron chi connectivity index (χ0n) is 13.3. The lowest BCUT2D eigenvalue weighted by Gasteiger charge is -2.12. The first-order valence-corrected chi connectivity index (χ1v) is 7.09. The highest BCUT2D eigenvalue weighted by Crippen LogP contribution is 2.32. The molecule has 2 rings (SSSR count). The highest BCUT2D eigenvalue weighted by atomic mass is 16.5. The van der Waals surface area contributed by atoms with Gasteiger partial charge in [0, 0.05) is 18.7 Å². The molecule has 2 aromatic rings. The van der Waals surface area contributed by atoms with Crippen LogP contribution in [0, 0.1) is 13.8 Å². The van der Waals surface area contributed by atoms with Gasteiger partial charge in [-0.2, -0.15) is 0 Å². The molecule has 1 N–H and O–H groups in total. The molecule has 0 unspecified atom stereocenters. The first kappa shape index (κ1) is 15.2. The van der Waals surface area contributed by atoms with Crippen LogP contribution in [0.15, 0.2) is 33.9 Å². The van der Waals surface area contributed by atoms with Gasteiger partial charge in [0.05, 0.1) is 30.5 Å². The largest absolute Gasteiger partial charge is 0.496 e. The fourth-order valence-electron chi connectivity index (χ4n) is 2.37. The number of furan rings is 1. The zero-order valence-corrected chi connectivity index (χ0v) is 13.3. The van der Waals surface area contributed by atoms with Gasteiger partial charge in [-0.15, -0.1) is 0 Å². The molecule has 1 aromatic heterocycles. The summed E-state index contributed by atoms with van der Waals surface area (Å²) < 4.78 is 11.0. The molecular weight excluding hydrogens is 264 g/mol. The Morgan fingerprint density at radius 3 is 2.67 bits per heavy atom. The molecule has 0 aliphatic heterocycles. The maximum atomic E-state index is 5.59. The third-order valence-corrected chi connectivity index (χ3v) is 3.58. The quantitative estimate of drug-likeness (QED) is 0.824. The summed E-state index contributed by atoms with van der Waals surface area (Å²) in [5.41, 5.74) is 4.99. The lowest BCUT2D eigenvalue weighted by atomic mass is 10.1. The van der Waals surface area contributed by atoms with Crippen molar-refractivity contribution < 1.29 is 9.15 Å². The van der Waals surface area contributed by atoms with Crippen molar-refractivity contribution in [3.05, 3.63) is 41.3 Å². The molecule has 0 aliphatic carbocycles. The second-order valence-corrected chi connectivity index (χ2v) is 4.88. The molecule has 0 amide bonds. The maximum Gasteiger partial charge on any atom is 0.171 e. The van der Waals surface area contributed by atoms with Crippen molar-refractivity contribution in [3.8, 4) is 5.75 Å². The van der Waals surface area contributed by atoms with Crippen LogP contribution in [0.3, 0.4) is 0 Å². The number of hydrogen-bond donors (Lipinski definition) is 1. The molecule has 21 heavy (non-hydrogen) atoms. The third-order valence-electron chi connectivity index (χ3n) is 3.58. The third kappa shape index (κ3) is 2.94. The molecule has 0 aliphatic rings. The van der Waals surface area contributed by atoms with Gasteiger partial charge in [-0.25, -0.2) is 4.99 Å². The van der Waals surface area contributed by atoms with Crippen LogP contribution in [0.2, 0.25) is 0 Å². The molecule has 0 saturated carbocycles. The second kappa shape index (κ2) is 6.48. The van der Waals surface area contributed by atoms with Crippen molar-refractivity contribution in [2.24, 2.45) is 4.99 Å². The van der Waals surface area contributed by atoms with Crippen molar-refractivity contribution in [2.75, 3.05) is 19.5 Å². The number of aliphatic imine (C=N–C) groups is 1. The molecule has 112 valence electrons. The highest BCUT2D eigenvalue weighted by molar-refractivity contribution is 6.04. The van der Waals surface area contributed by atoms with Crippen LogP contribution in [0.1, 0.15) is 30.2 Å². The van der Waals surface area contributed by atoms with Gasteiger partial charge in [-0.3, -0.25) is 0 Å². The Hall–Kier alpha value is -2.23. The number of nitrogens with zero attached hydrogens (tertiary/aromatic N) is 1. The second-order valence-electron chi connectivity index (χ2n) is 4.88. The molecule has 0 saturated heterocycles. The molecule has 0 spiro atoms. The number of anilines is 1. The van der Waals surface area contributed by atoms with Crippen molar-refractivity contribution >= 4 is 17.1 Å². The number of aryl methyl sites for hydroxylation is 1. The molecule has 0 radical (unpaired) electrons. The van der Waals surface area contributed by atoms with E-state index in [1.165, 1.54) is 0 Å². The minimum Gasteiger partial charge on any atom is -0.496 e. The van der Waals surface area contributed by atoms with Crippen molar-refractivity contribution in [3.63, 3.8) is 0 Å². The Bertz CT molecular complexity index is 657. The van der Waals surface area contributed by atoms with Crippen LogP contribution >= 0.6 is 0 Å². The maximum absolute atomic E-state index is 5.59. The number of hydrogen-bond acceptors (Lipinski definition) is 4. The number of benzene rings is 1. The van der Waals surface area contributed by atoms with E-state index < -0.39 is 0 Å². The molecule has 4 nitrogen and oxygen atoms in total. The minimum absolute atomic E-state index is 0.790. The van der Waals surface area contributed by atoms with E-state index in [0.29, 0.717) is 0 Å². The van der Waals surface area contributed by atoms with Crippen LogP contribution in [0.4, 0.5) is 11.4 Å². The summed E-state index contributed by atoms with van der Waals surface area (Å²) in [7, 11) is 3.56. The summed E-state index contributed by atoms with van der Waals surface area (Å²) in [6.45, 7) is 6.16. The van der Waals surface area contributed by atoms with E-state index >= 15 is 0 Å². The molecule has 1 heterocycles. The Balaban J connectivity index is 2.55. The smallest absolute Gasteiger partial charge is 0.171 e. The summed E-state index contributed by atoms with van der Waals surface area (Å²) in [4.78, 5) is 4.84. The van der Waals surface area contributed by atoms with Gasteiger partial charge in [0.25, 0.3) is 0 Å². The average Bonchev–Trinajstić information content (AvgIpc) is 2.96. The normalized spacial score (nSPS) is 11.6. The van der Waals surface area contributed by atoms with Gasteiger partial charge >= 0.3 is 0 Å². The molecule has 4 heteroatoms. The van der Waals surface area contributed by atoms with E-state index in [4.69, 9.17) is 14.1 Å². The molecule has 0 fully saturated rings. The van der Waals surface area contributed by atoms with Gasteiger partial charge in [0.1, 0.15) is 5.75 Å². The Morgan fingerprint density at radius 2 is 2.05 bits per heavy atom. The number of methoxy groups -OCH3 is 1. The molecular formula is C17H22N2O2. The summed E-state index contributed by atoms with van der Waals surface area (Å²) in [5, 5.41) is 3.13. The number of rotatable bonds is 5. The van der Waals surface area contributed by atoms with Crippen LogP contribution in [0.25, 0.3) is 0 Å². The van der Waals surface area contributed by atoms with Crippen LogP contribution in [-0.4, -0.2) is 19.9 Å². The fraction of sp³-hybridized carbons (Fsp3) is 0.353. The highest BCUT2D eigenvalue weighted by Gasteiger charge is 2.14. The lowest BCUT2D eigenvalue weighted by molar-refractivity contribution is 0.412. The predicted octanol–water partition coefficient (Wildman–Crippen LogP) is 4.48. The molecule has 0 bridgehead atoms. The Morgan fingerprint density at radius 1 is 1.29 bits per heavy atom. The summed E-state index contributed by atoms with van der Waals surface area (Å²) in [6, 6.07) is 5.91. The van der Waals surface area contributed by atoms with Crippen molar-refractivity contribution in [1.82, 2.24) is 0 Å². The van der Waals surface area contributed by atoms with Crippen molar-refractivity contribution in [1.29, 1.82) is 0 Å². The van der Waals surface area contributed by atoms with E-state index in [9.17, 15) is 0 Å². The molecule has 1 aromatic carbocycles. The average molecular weight is 286 g/mol. The van der Waals surface area contributed by atoms with E-state index in [2.05, 4.69) is 19.2 Å². The summed E-state index contributed by atoms with van der Waals surface area (Å²) in [6.07, 6.45) is 2.47. The number of ether oxygens (including phenoxy) is 1. The zero-order chi connectivity index (χ0) is 15.4. The van der Waals surface area contributed by atoms with Gasteiger partial charge in [-0.1, -0.05) is 13.0 Å². The van der Waals surface area contributed by atoms with E-state index in [-0.39, 0.29) is 0 Å². The van der Waals surface area contributed by atoms with Gasteiger partial charge in [0.15, 0.2) is 5.76 Å². The van der Waals surface area contributed by atoms with E-state index in [1.807, 2.05) is 32.2 Å². The topological polar surface area (TPSA) is 46.8 Å². The van der Waals surface area contributed by atoms with Crippen LogP contribution in [0.5, 0.6) is 5.75 Å². The number of nitrogens with one attached hydrogen (secondary N) is 1. The predicted molar refractivity (Wildman–Crippen MR) is 87.2 cm³/mol. The van der Waals surface area contributed by atoms with Gasteiger partial charge < -0.3 is 14.5 Å². The van der Waals surface area contributed by atoms with Crippen LogP contribution < -0.4 is 10.1 Å². The fourth-order valence-corrected chi connectivity index (χ4v) is 2.37. The minimum atomic E-state index is 0.790. The SMILES string of the molecule is CCC(=Nc1c(C)ccc(OC)c1C)c1occc1NC. The first-order valence-electron chi connectivity index (χ1n) is 7.09. The van der Waals surface area contributed by atoms with Gasteiger partial charge in [0.2, 0.25) is 0 Å². The lowest BCUT2D eigenvalue weighted by Crippen LogP contribution is -2.02. The van der Waals surface area contributed by atoms with E-state index in [0.717, 1.165) is 46.1 Å². The standard InChI is InChI=1S/C17H22N2O2/c1-6-13(17-14(18-4)9-10-21-17)19-16-11(2)7-8-15(20-5)12(16)3/h7-10,18H,6H2,1-5H3. The van der Waals surface area contributed by atoms with E-state index in [1.54, 1.807) is 13.4 Å². The summed E-state index contributed by atoms with van der Waals surface area (Å²) in [5.74, 6) is 1.64. The monoisotopic (exact) mass is 286 g/mol. The Kier molecular flexibility index (Phi) is 4.68. The Labute approximate surface area is 125 Å². The summed E-state index contributed by atoms with van der Waals surface area (Å²) >= 11 is 0. The molecule has 0 atom stereocenters. The van der Waals surface area contributed by atoms with Crippen LogP contribution in [-0.2, 0) is 0 Å².